The first-order chi connectivity index (χ1) is 8.83. The van der Waals surface area contributed by atoms with Gasteiger partial charge in [0.15, 0.2) is 5.78 Å². The number of ether oxygens (including phenoxy) is 1. The van der Waals surface area contributed by atoms with Gasteiger partial charge in [-0.15, -0.1) is 0 Å². The second-order valence-electron chi connectivity index (χ2n) is 5.00. The summed E-state index contributed by atoms with van der Waals surface area (Å²) in [5, 5.41) is 0. The van der Waals surface area contributed by atoms with Gasteiger partial charge in [-0.05, 0) is 25.7 Å². The van der Waals surface area contributed by atoms with Crippen molar-refractivity contribution >= 4 is 5.78 Å². The molecule has 0 N–H and O–H groups in total. The molecule has 0 heterocycles. The van der Waals surface area contributed by atoms with Gasteiger partial charge < -0.3 is 4.74 Å². The lowest BCUT2D eigenvalue weighted by Gasteiger charge is -2.29. The van der Waals surface area contributed by atoms with E-state index < -0.39 is 0 Å². The third-order valence-corrected chi connectivity index (χ3v) is 3.74. The molecule has 2 rings (SSSR count). The lowest BCUT2D eigenvalue weighted by molar-refractivity contribution is 0.0127. The van der Waals surface area contributed by atoms with E-state index in [0.29, 0.717) is 12.5 Å². The molecule has 0 amide bonds. The van der Waals surface area contributed by atoms with Gasteiger partial charge in [0.25, 0.3) is 0 Å². The fraction of sp³-hybridized carbons (Fsp3) is 0.562. The van der Waals surface area contributed by atoms with Crippen LogP contribution in [0.5, 0.6) is 0 Å². The van der Waals surface area contributed by atoms with E-state index >= 15 is 0 Å². The summed E-state index contributed by atoms with van der Waals surface area (Å²) in [5.41, 5.74) is 0.779. The molecule has 2 heteroatoms. The van der Waals surface area contributed by atoms with Crippen LogP contribution in [0.25, 0.3) is 0 Å². The Morgan fingerprint density at radius 2 is 1.89 bits per heavy atom. The zero-order chi connectivity index (χ0) is 12.8. The number of carbonyl (C=O) groups excluding carboxylic acids is 1. The summed E-state index contributed by atoms with van der Waals surface area (Å²) in [5.74, 6) is 0.566. The number of ketones is 1. The zero-order valence-corrected chi connectivity index (χ0v) is 11.1. The number of Topliss-reactive ketones (excluding diaryl/α,β-unsaturated/α-hetero) is 1. The van der Waals surface area contributed by atoms with E-state index in [9.17, 15) is 4.79 Å². The molecule has 0 radical (unpaired) electrons. The van der Waals surface area contributed by atoms with Gasteiger partial charge in [0.2, 0.25) is 0 Å². The minimum atomic E-state index is -0.238. The molecule has 0 bridgehead atoms. The van der Waals surface area contributed by atoms with Crippen molar-refractivity contribution in [2.45, 2.75) is 45.1 Å². The average molecular weight is 246 g/mol. The molecule has 1 fully saturated rings. The highest BCUT2D eigenvalue weighted by atomic mass is 16.5. The first kappa shape index (κ1) is 13.3. The Morgan fingerprint density at radius 3 is 2.50 bits per heavy atom. The van der Waals surface area contributed by atoms with Crippen LogP contribution in [-0.4, -0.2) is 18.5 Å². The number of carbonyl (C=O) groups is 1. The van der Waals surface area contributed by atoms with E-state index in [-0.39, 0.29) is 11.9 Å². The van der Waals surface area contributed by atoms with Crippen molar-refractivity contribution in [3.05, 3.63) is 35.9 Å². The van der Waals surface area contributed by atoms with E-state index in [2.05, 4.69) is 0 Å². The molecule has 2 nitrogen and oxygen atoms in total. The van der Waals surface area contributed by atoms with Crippen LogP contribution in [0.2, 0.25) is 0 Å². The van der Waals surface area contributed by atoms with Gasteiger partial charge in [-0.1, -0.05) is 49.6 Å². The second-order valence-corrected chi connectivity index (χ2v) is 5.00. The predicted octanol–water partition coefficient (Wildman–Crippen LogP) is 3.85. The van der Waals surface area contributed by atoms with Crippen molar-refractivity contribution in [1.29, 1.82) is 0 Å². The van der Waals surface area contributed by atoms with Crippen LogP contribution < -0.4 is 0 Å². The van der Waals surface area contributed by atoms with Gasteiger partial charge in [-0.2, -0.15) is 0 Å². The molecular formula is C16H22O2. The Labute approximate surface area is 109 Å². The lowest BCUT2D eigenvalue weighted by atomic mass is 9.82. The molecule has 18 heavy (non-hydrogen) atoms. The van der Waals surface area contributed by atoms with E-state index in [1.54, 1.807) is 0 Å². The Morgan fingerprint density at radius 1 is 1.22 bits per heavy atom. The monoisotopic (exact) mass is 246 g/mol. The third-order valence-electron chi connectivity index (χ3n) is 3.74. The normalized spacial score (nSPS) is 18.5. The van der Waals surface area contributed by atoms with Crippen molar-refractivity contribution < 1.29 is 9.53 Å². The van der Waals surface area contributed by atoms with Gasteiger partial charge in [0.05, 0.1) is 0 Å². The van der Waals surface area contributed by atoms with Crippen LogP contribution in [0.15, 0.2) is 30.3 Å². The van der Waals surface area contributed by atoms with Crippen LogP contribution in [0.4, 0.5) is 0 Å². The first-order valence-electron chi connectivity index (χ1n) is 7.03. The van der Waals surface area contributed by atoms with Crippen LogP contribution in [0.3, 0.4) is 0 Å². The van der Waals surface area contributed by atoms with Gasteiger partial charge in [-0.25, -0.2) is 0 Å². The van der Waals surface area contributed by atoms with Gasteiger partial charge >= 0.3 is 0 Å². The highest BCUT2D eigenvalue weighted by molar-refractivity contribution is 5.99. The van der Waals surface area contributed by atoms with Crippen molar-refractivity contribution in [1.82, 2.24) is 0 Å². The minimum absolute atomic E-state index is 0.157. The molecule has 0 aliphatic heterocycles. The molecule has 1 aromatic carbocycles. The summed E-state index contributed by atoms with van der Waals surface area (Å²) < 4.78 is 5.75. The molecule has 0 spiro atoms. The third kappa shape index (κ3) is 3.20. The van der Waals surface area contributed by atoms with E-state index in [1.165, 1.54) is 19.3 Å². The summed E-state index contributed by atoms with van der Waals surface area (Å²) in [6.45, 7) is 2.58. The molecule has 1 saturated carbocycles. The summed E-state index contributed by atoms with van der Waals surface area (Å²) in [6, 6.07) is 9.54. The zero-order valence-electron chi connectivity index (χ0n) is 11.1. The molecule has 98 valence electrons. The van der Waals surface area contributed by atoms with Crippen LogP contribution in [-0.2, 0) is 4.74 Å². The number of hydrogen-bond donors (Lipinski definition) is 0. The summed E-state index contributed by atoms with van der Waals surface area (Å²) in [6.07, 6.45) is 5.78. The molecule has 1 aliphatic rings. The SMILES string of the molecule is CCOC(C(=O)c1ccccc1)C1CCCCC1. The van der Waals surface area contributed by atoms with Crippen LogP contribution in [0, 0.1) is 5.92 Å². The minimum Gasteiger partial charge on any atom is -0.370 e. The molecule has 0 saturated heterocycles. The average Bonchev–Trinajstić information content (AvgIpc) is 2.46. The molecular weight excluding hydrogens is 224 g/mol. The number of hydrogen-bond acceptors (Lipinski definition) is 2. The van der Waals surface area contributed by atoms with Gasteiger partial charge in [-0.3, -0.25) is 4.79 Å². The molecule has 1 unspecified atom stereocenters. The lowest BCUT2D eigenvalue weighted by Crippen LogP contribution is -2.34. The van der Waals surface area contributed by atoms with Crippen LogP contribution >= 0.6 is 0 Å². The number of rotatable bonds is 5. The standard InChI is InChI=1S/C16H22O2/c1-2-18-16(14-11-7-4-8-12-14)15(17)13-9-5-3-6-10-13/h3,5-6,9-10,14,16H,2,4,7-8,11-12H2,1H3. The molecule has 1 atom stereocenters. The van der Waals surface area contributed by atoms with Crippen molar-refractivity contribution in [2.24, 2.45) is 5.92 Å². The van der Waals surface area contributed by atoms with E-state index in [1.807, 2.05) is 37.3 Å². The Hall–Kier alpha value is -1.15. The predicted molar refractivity (Wildman–Crippen MR) is 72.8 cm³/mol. The molecule has 1 aromatic rings. The Balaban J connectivity index is 2.11. The maximum atomic E-state index is 12.5. The largest absolute Gasteiger partial charge is 0.370 e. The first-order valence-corrected chi connectivity index (χ1v) is 7.03. The summed E-state index contributed by atoms with van der Waals surface area (Å²) >= 11 is 0. The second kappa shape index (κ2) is 6.69. The number of benzene rings is 1. The quantitative estimate of drug-likeness (QED) is 0.737. The van der Waals surface area contributed by atoms with Crippen LogP contribution in [0.1, 0.15) is 49.4 Å². The highest BCUT2D eigenvalue weighted by Gasteiger charge is 2.30. The smallest absolute Gasteiger partial charge is 0.191 e. The Kier molecular flexibility index (Phi) is 4.94. The molecule has 0 aromatic heterocycles. The van der Waals surface area contributed by atoms with Crippen molar-refractivity contribution in [3.8, 4) is 0 Å². The molecule has 1 aliphatic carbocycles. The summed E-state index contributed by atoms with van der Waals surface area (Å²) in [7, 11) is 0. The topological polar surface area (TPSA) is 26.3 Å². The maximum absolute atomic E-state index is 12.5. The van der Waals surface area contributed by atoms with Gasteiger partial charge in [0, 0.05) is 12.2 Å². The van der Waals surface area contributed by atoms with E-state index in [4.69, 9.17) is 4.74 Å². The van der Waals surface area contributed by atoms with Gasteiger partial charge in [0.1, 0.15) is 6.10 Å². The van der Waals surface area contributed by atoms with Crippen molar-refractivity contribution in [3.63, 3.8) is 0 Å². The summed E-state index contributed by atoms with van der Waals surface area (Å²) in [4.78, 5) is 12.5. The fourth-order valence-electron chi connectivity index (χ4n) is 2.81. The fourth-order valence-corrected chi connectivity index (χ4v) is 2.81. The van der Waals surface area contributed by atoms with E-state index in [0.717, 1.165) is 18.4 Å². The highest BCUT2D eigenvalue weighted by Crippen LogP contribution is 2.29. The Bertz CT molecular complexity index is 366. The van der Waals surface area contributed by atoms with Crippen molar-refractivity contribution in [2.75, 3.05) is 6.61 Å². The maximum Gasteiger partial charge on any atom is 0.191 e.